The van der Waals surface area contributed by atoms with Crippen LogP contribution in [0.2, 0.25) is 0 Å². The summed E-state index contributed by atoms with van der Waals surface area (Å²) in [5, 5.41) is 13.5. The maximum Gasteiger partial charge on any atom is 0.326 e. The third-order valence-corrected chi connectivity index (χ3v) is 5.26. The van der Waals surface area contributed by atoms with E-state index in [4.69, 9.17) is 5.11 Å². The second-order valence-corrected chi connectivity index (χ2v) is 8.62. The van der Waals surface area contributed by atoms with Gasteiger partial charge in [0.05, 0.1) is 6.54 Å². The number of carbonyl (C=O) groups is 3. The second kappa shape index (κ2) is 7.57. The molecule has 0 aliphatic carbocycles. The minimum Gasteiger partial charge on any atom is -0.480 e. The molecule has 3 N–H and O–H groups in total. The number of hydrogen-bond acceptors (Lipinski definition) is 5. The lowest BCUT2D eigenvalue weighted by Gasteiger charge is -2.22. The Kier molecular flexibility index (Phi) is 7.01. The standard InChI is InChI=1S/C13H24N2O6S/c1-8(2)6-9(11(17)18)15-10(16)7-14-12(19)13(3,4)22(5,20)21/h8-9H,6-7H2,1-5H3,(H,14,19)(H,15,16)(H,17,18)/t9-/m0/s1. The number of nitrogens with one attached hydrogen (secondary N) is 2. The van der Waals surface area contributed by atoms with E-state index < -0.39 is 45.0 Å². The quantitative estimate of drug-likeness (QED) is 0.550. The van der Waals surface area contributed by atoms with Gasteiger partial charge in [0, 0.05) is 6.26 Å². The van der Waals surface area contributed by atoms with Crippen LogP contribution >= 0.6 is 0 Å². The van der Waals surface area contributed by atoms with Crippen LogP contribution in [0.1, 0.15) is 34.1 Å². The lowest BCUT2D eigenvalue weighted by atomic mass is 10.0. The van der Waals surface area contributed by atoms with Gasteiger partial charge in [-0.15, -0.1) is 0 Å². The van der Waals surface area contributed by atoms with Gasteiger partial charge in [-0.3, -0.25) is 9.59 Å². The molecule has 0 unspecified atom stereocenters. The Morgan fingerprint density at radius 1 is 1.18 bits per heavy atom. The minimum atomic E-state index is -3.64. The van der Waals surface area contributed by atoms with Crippen molar-refractivity contribution in [1.29, 1.82) is 0 Å². The molecule has 0 heterocycles. The smallest absolute Gasteiger partial charge is 0.326 e. The molecule has 0 aliphatic heterocycles. The van der Waals surface area contributed by atoms with E-state index in [2.05, 4.69) is 10.6 Å². The summed E-state index contributed by atoms with van der Waals surface area (Å²) in [5.74, 6) is -2.60. The van der Waals surface area contributed by atoms with Crippen molar-refractivity contribution >= 4 is 27.6 Å². The summed E-state index contributed by atoms with van der Waals surface area (Å²) in [4.78, 5) is 34.5. The van der Waals surface area contributed by atoms with Gasteiger partial charge in [-0.05, 0) is 26.2 Å². The molecule has 22 heavy (non-hydrogen) atoms. The van der Waals surface area contributed by atoms with Crippen molar-refractivity contribution in [3.63, 3.8) is 0 Å². The molecule has 0 saturated carbocycles. The van der Waals surface area contributed by atoms with Crippen LogP contribution in [0.4, 0.5) is 0 Å². The van der Waals surface area contributed by atoms with Crippen LogP contribution in [0.5, 0.6) is 0 Å². The monoisotopic (exact) mass is 336 g/mol. The molecule has 8 nitrogen and oxygen atoms in total. The summed E-state index contributed by atoms with van der Waals surface area (Å²) in [6.07, 6.45) is 1.18. The first kappa shape index (κ1) is 20.4. The molecular weight excluding hydrogens is 312 g/mol. The van der Waals surface area contributed by atoms with Gasteiger partial charge < -0.3 is 15.7 Å². The predicted molar refractivity (Wildman–Crippen MR) is 81.0 cm³/mol. The molecule has 0 aromatic carbocycles. The average molecular weight is 336 g/mol. The first-order chi connectivity index (χ1) is 9.79. The third-order valence-electron chi connectivity index (χ3n) is 3.22. The fourth-order valence-corrected chi connectivity index (χ4v) is 1.89. The van der Waals surface area contributed by atoms with Gasteiger partial charge >= 0.3 is 5.97 Å². The van der Waals surface area contributed by atoms with Gasteiger partial charge in [0.25, 0.3) is 0 Å². The molecule has 128 valence electrons. The first-order valence-corrected chi connectivity index (χ1v) is 8.68. The Morgan fingerprint density at radius 3 is 2.05 bits per heavy atom. The van der Waals surface area contributed by atoms with Crippen LogP contribution in [-0.2, 0) is 24.2 Å². The molecule has 9 heteroatoms. The Morgan fingerprint density at radius 2 is 1.68 bits per heavy atom. The van der Waals surface area contributed by atoms with Crippen LogP contribution in [-0.4, -0.2) is 54.9 Å². The van der Waals surface area contributed by atoms with E-state index in [-0.39, 0.29) is 12.3 Å². The second-order valence-electron chi connectivity index (χ2n) is 6.05. The SMILES string of the molecule is CC(C)C[C@H](NC(=O)CNC(=O)C(C)(C)S(C)(=O)=O)C(=O)O. The van der Waals surface area contributed by atoms with Crippen LogP contribution in [0.15, 0.2) is 0 Å². The number of hydrogen-bond donors (Lipinski definition) is 3. The Balaban J connectivity index is 4.63. The van der Waals surface area contributed by atoms with E-state index >= 15 is 0 Å². The molecule has 2 amide bonds. The number of carboxylic acid groups (broad SMARTS) is 1. The van der Waals surface area contributed by atoms with Gasteiger partial charge in [-0.1, -0.05) is 13.8 Å². The van der Waals surface area contributed by atoms with E-state index in [1.54, 1.807) is 0 Å². The van der Waals surface area contributed by atoms with Crippen molar-refractivity contribution < 1.29 is 27.9 Å². The molecule has 0 aromatic rings. The van der Waals surface area contributed by atoms with Crippen molar-refractivity contribution in [2.75, 3.05) is 12.8 Å². The zero-order chi connectivity index (χ0) is 17.7. The Bertz CT molecular complexity index is 539. The van der Waals surface area contributed by atoms with Crippen molar-refractivity contribution in [2.45, 2.75) is 44.9 Å². The van der Waals surface area contributed by atoms with Crippen LogP contribution < -0.4 is 10.6 Å². The molecule has 0 bridgehead atoms. The molecule has 1 atom stereocenters. The highest BCUT2D eigenvalue weighted by atomic mass is 32.2. The van der Waals surface area contributed by atoms with Gasteiger partial charge in [0.15, 0.2) is 9.84 Å². The largest absolute Gasteiger partial charge is 0.480 e. The van der Waals surface area contributed by atoms with E-state index in [0.717, 1.165) is 6.26 Å². The predicted octanol–water partition coefficient (Wildman–Crippen LogP) is -0.459. The number of amides is 2. The molecule has 0 spiro atoms. The van der Waals surface area contributed by atoms with Crippen molar-refractivity contribution in [3.05, 3.63) is 0 Å². The summed E-state index contributed by atoms with van der Waals surface area (Å²) >= 11 is 0. The summed E-state index contributed by atoms with van der Waals surface area (Å²) in [5.41, 5.74) is 0. The van der Waals surface area contributed by atoms with E-state index in [1.807, 2.05) is 13.8 Å². The highest BCUT2D eigenvalue weighted by molar-refractivity contribution is 7.92. The Labute approximate surface area is 130 Å². The number of carboxylic acids is 1. The molecular formula is C13H24N2O6S. The maximum atomic E-state index is 11.8. The van der Waals surface area contributed by atoms with Crippen molar-refractivity contribution in [1.82, 2.24) is 10.6 Å². The van der Waals surface area contributed by atoms with Crippen molar-refractivity contribution in [2.24, 2.45) is 5.92 Å². The normalized spacial score (nSPS) is 13.5. The van der Waals surface area contributed by atoms with Gasteiger partial charge in [0.1, 0.15) is 10.8 Å². The number of rotatable bonds is 8. The molecule has 0 aliphatic rings. The van der Waals surface area contributed by atoms with Gasteiger partial charge in [-0.2, -0.15) is 0 Å². The van der Waals surface area contributed by atoms with Crippen LogP contribution in [0.25, 0.3) is 0 Å². The number of sulfone groups is 1. The maximum absolute atomic E-state index is 11.8. The summed E-state index contributed by atoms with van der Waals surface area (Å²) in [6, 6.07) is -1.05. The molecule has 0 rings (SSSR count). The van der Waals surface area contributed by atoms with Gasteiger partial charge in [0.2, 0.25) is 11.8 Å². The van der Waals surface area contributed by atoms with Crippen LogP contribution in [0, 0.1) is 5.92 Å². The number of carbonyl (C=O) groups excluding carboxylic acids is 2. The highest BCUT2D eigenvalue weighted by Gasteiger charge is 2.38. The lowest BCUT2D eigenvalue weighted by molar-refractivity contribution is -0.142. The topological polar surface area (TPSA) is 130 Å². The summed E-state index contributed by atoms with van der Waals surface area (Å²) in [6.45, 7) is 5.61. The van der Waals surface area contributed by atoms with E-state index in [0.29, 0.717) is 0 Å². The third kappa shape index (κ3) is 6.00. The molecule has 0 saturated heterocycles. The fraction of sp³-hybridized carbons (Fsp3) is 0.769. The van der Waals surface area contributed by atoms with Crippen molar-refractivity contribution in [3.8, 4) is 0 Å². The van der Waals surface area contributed by atoms with Gasteiger partial charge in [-0.25, -0.2) is 13.2 Å². The first-order valence-electron chi connectivity index (χ1n) is 6.79. The van der Waals surface area contributed by atoms with E-state index in [1.165, 1.54) is 13.8 Å². The minimum absolute atomic E-state index is 0.0696. The zero-order valence-corrected chi connectivity index (χ0v) is 14.3. The molecule has 0 fully saturated rings. The van der Waals surface area contributed by atoms with Crippen LogP contribution in [0.3, 0.4) is 0 Å². The zero-order valence-electron chi connectivity index (χ0n) is 13.5. The molecule has 0 radical (unpaired) electrons. The highest BCUT2D eigenvalue weighted by Crippen LogP contribution is 2.14. The molecule has 0 aromatic heterocycles. The fourth-order valence-electron chi connectivity index (χ4n) is 1.48. The van der Waals surface area contributed by atoms with E-state index in [9.17, 15) is 22.8 Å². The average Bonchev–Trinajstić information content (AvgIpc) is 2.32. The Hall–Kier alpha value is -1.64. The summed E-state index contributed by atoms with van der Waals surface area (Å²) in [7, 11) is -3.64. The lowest BCUT2D eigenvalue weighted by Crippen LogP contribution is -2.51. The number of aliphatic carboxylic acids is 1. The summed E-state index contributed by atoms with van der Waals surface area (Å²) < 4.78 is 21.3.